The summed E-state index contributed by atoms with van der Waals surface area (Å²) in [4.78, 5) is 11.6. The molecule has 1 atom stereocenters. The second-order valence-corrected chi connectivity index (χ2v) is 5.19. The molecule has 3 N–H and O–H groups in total. The summed E-state index contributed by atoms with van der Waals surface area (Å²) < 4.78 is 5.13. The van der Waals surface area contributed by atoms with Crippen molar-refractivity contribution in [3.8, 4) is 0 Å². The summed E-state index contributed by atoms with van der Waals surface area (Å²) in [6.45, 7) is 4.48. The van der Waals surface area contributed by atoms with Crippen LogP contribution in [-0.2, 0) is 11.2 Å². The smallest absolute Gasteiger partial charge is 0.407 e. The summed E-state index contributed by atoms with van der Waals surface area (Å²) >= 11 is 0. The topological polar surface area (TPSA) is 64.3 Å². The zero-order chi connectivity index (χ0) is 13.1. The zero-order valence-corrected chi connectivity index (χ0v) is 10.9. The van der Waals surface area contributed by atoms with E-state index in [9.17, 15) is 4.79 Å². The highest BCUT2D eigenvalue weighted by molar-refractivity contribution is 5.68. The number of amides is 1. The summed E-state index contributed by atoms with van der Waals surface area (Å²) in [6, 6.07) is 5.90. The van der Waals surface area contributed by atoms with E-state index >= 15 is 0 Å². The number of ether oxygens (including phenoxy) is 1. The molecular formula is C14H20N2O2. The molecule has 1 aliphatic rings. The molecule has 0 aliphatic heterocycles. The highest BCUT2D eigenvalue weighted by Crippen LogP contribution is 2.32. The molecule has 0 saturated carbocycles. The van der Waals surface area contributed by atoms with E-state index in [2.05, 4.69) is 5.32 Å². The van der Waals surface area contributed by atoms with E-state index in [0.717, 1.165) is 24.1 Å². The van der Waals surface area contributed by atoms with Gasteiger partial charge in [0.05, 0.1) is 12.6 Å². The molecule has 0 bridgehead atoms. The van der Waals surface area contributed by atoms with Gasteiger partial charge in [-0.25, -0.2) is 4.79 Å². The van der Waals surface area contributed by atoms with Crippen molar-refractivity contribution in [2.24, 2.45) is 5.92 Å². The molecule has 0 aromatic heterocycles. The number of anilines is 1. The van der Waals surface area contributed by atoms with E-state index in [4.69, 9.17) is 10.5 Å². The Bertz CT molecular complexity index is 443. The standard InChI is InChI=1S/C14H20N2O2/c1-9(2)8-18-14(17)16-13-6-3-10-7-11(15)4-5-12(10)13/h4-5,7,9,13H,3,6,8,15H2,1-2H3,(H,16,17). The first-order chi connectivity index (χ1) is 8.56. The molecule has 1 aromatic carbocycles. The summed E-state index contributed by atoms with van der Waals surface area (Å²) in [6.07, 6.45) is 1.53. The van der Waals surface area contributed by atoms with Crippen LogP contribution in [0.5, 0.6) is 0 Å². The highest BCUT2D eigenvalue weighted by Gasteiger charge is 2.24. The number of hydrogen-bond donors (Lipinski definition) is 2. The molecule has 1 unspecified atom stereocenters. The van der Waals surface area contributed by atoms with E-state index in [1.54, 1.807) is 0 Å². The quantitative estimate of drug-likeness (QED) is 0.808. The van der Waals surface area contributed by atoms with Crippen molar-refractivity contribution < 1.29 is 9.53 Å². The van der Waals surface area contributed by atoms with Gasteiger partial charge >= 0.3 is 6.09 Å². The molecule has 0 saturated heterocycles. The van der Waals surface area contributed by atoms with Crippen LogP contribution in [0.2, 0.25) is 0 Å². The van der Waals surface area contributed by atoms with Gasteiger partial charge in [-0.1, -0.05) is 19.9 Å². The van der Waals surface area contributed by atoms with Gasteiger partial charge in [-0.2, -0.15) is 0 Å². The molecule has 4 heteroatoms. The first kappa shape index (κ1) is 12.7. The number of carbonyl (C=O) groups excluding carboxylic acids is 1. The molecule has 1 aliphatic carbocycles. The first-order valence-electron chi connectivity index (χ1n) is 6.38. The van der Waals surface area contributed by atoms with Gasteiger partial charge in [0.2, 0.25) is 0 Å². The van der Waals surface area contributed by atoms with E-state index in [0.29, 0.717) is 12.5 Å². The van der Waals surface area contributed by atoms with Crippen molar-refractivity contribution in [3.63, 3.8) is 0 Å². The lowest BCUT2D eigenvalue weighted by Gasteiger charge is -2.15. The zero-order valence-electron chi connectivity index (χ0n) is 10.9. The van der Waals surface area contributed by atoms with Crippen LogP contribution in [0.25, 0.3) is 0 Å². The van der Waals surface area contributed by atoms with Crippen LogP contribution in [0.15, 0.2) is 18.2 Å². The minimum absolute atomic E-state index is 0.0558. The molecule has 1 aromatic rings. The van der Waals surface area contributed by atoms with E-state index in [1.807, 2.05) is 32.0 Å². The molecule has 0 heterocycles. The third-order valence-corrected chi connectivity index (χ3v) is 3.08. The Kier molecular flexibility index (Phi) is 3.75. The lowest BCUT2D eigenvalue weighted by atomic mass is 10.1. The normalized spacial score (nSPS) is 17.6. The Labute approximate surface area is 108 Å². The minimum Gasteiger partial charge on any atom is -0.449 e. The first-order valence-corrected chi connectivity index (χ1v) is 6.38. The molecule has 0 fully saturated rings. The maximum absolute atomic E-state index is 11.6. The number of rotatable bonds is 3. The number of nitrogens with one attached hydrogen (secondary N) is 1. The number of hydrogen-bond acceptors (Lipinski definition) is 3. The SMILES string of the molecule is CC(C)COC(=O)NC1CCc2cc(N)ccc21. The largest absolute Gasteiger partial charge is 0.449 e. The van der Waals surface area contributed by atoms with Gasteiger partial charge in [0.15, 0.2) is 0 Å². The maximum atomic E-state index is 11.6. The minimum atomic E-state index is -0.335. The van der Waals surface area contributed by atoms with Crippen LogP contribution in [0.1, 0.15) is 37.4 Å². The van der Waals surface area contributed by atoms with Gasteiger partial charge in [-0.15, -0.1) is 0 Å². The predicted molar refractivity (Wildman–Crippen MR) is 71.2 cm³/mol. The summed E-state index contributed by atoms with van der Waals surface area (Å²) in [5.74, 6) is 0.353. The Hall–Kier alpha value is -1.71. The van der Waals surface area contributed by atoms with Crippen molar-refractivity contribution in [1.29, 1.82) is 0 Å². The Morgan fingerprint density at radius 2 is 2.33 bits per heavy atom. The van der Waals surface area contributed by atoms with Crippen molar-refractivity contribution in [1.82, 2.24) is 5.32 Å². The average Bonchev–Trinajstić information content (AvgIpc) is 2.69. The van der Waals surface area contributed by atoms with E-state index in [-0.39, 0.29) is 12.1 Å². The molecule has 1 amide bonds. The molecule has 18 heavy (non-hydrogen) atoms. The van der Waals surface area contributed by atoms with Gasteiger partial charge < -0.3 is 15.8 Å². The van der Waals surface area contributed by atoms with Gasteiger partial charge in [-0.3, -0.25) is 0 Å². The van der Waals surface area contributed by atoms with E-state index in [1.165, 1.54) is 5.56 Å². The number of fused-ring (bicyclic) bond motifs is 1. The van der Waals surface area contributed by atoms with Crippen molar-refractivity contribution in [3.05, 3.63) is 29.3 Å². The Balaban J connectivity index is 1.95. The van der Waals surface area contributed by atoms with Crippen LogP contribution in [-0.4, -0.2) is 12.7 Å². The third-order valence-electron chi connectivity index (χ3n) is 3.08. The van der Waals surface area contributed by atoms with Gasteiger partial charge in [-0.05, 0) is 42.0 Å². The van der Waals surface area contributed by atoms with Crippen molar-refractivity contribution in [2.45, 2.75) is 32.7 Å². The van der Waals surface area contributed by atoms with Gasteiger partial charge in [0.25, 0.3) is 0 Å². The number of nitrogens with two attached hydrogens (primary N) is 1. The fourth-order valence-electron chi connectivity index (χ4n) is 2.21. The molecular weight excluding hydrogens is 228 g/mol. The number of alkyl carbamates (subject to hydrolysis) is 1. The number of benzene rings is 1. The Morgan fingerprint density at radius 3 is 3.06 bits per heavy atom. The fourth-order valence-corrected chi connectivity index (χ4v) is 2.21. The number of carbonyl (C=O) groups is 1. The van der Waals surface area contributed by atoms with E-state index < -0.39 is 0 Å². The monoisotopic (exact) mass is 248 g/mol. The molecule has 2 rings (SSSR count). The predicted octanol–water partition coefficient (Wildman–Crippen LogP) is 2.64. The summed E-state index contributed by atoms with van der Waals surface area (Å²) in [5, 5.41) is 2.91. The van der Waals surface area contributed by atoms with Crippen molar-refractivity contribution >= 4 is 11.8 Å². The van der Waals surface area contributed by atoms with Gasteiger partial charge in [0, 0.05) is 5.69 Å². The maximum Gasteiger partial charge on any atom is 0.407 e. The lowest BCUT2D eigenvalue weighted by Crippen LogP contribution is -2.28. The van der Waals surface area contributed by atoms with Crippen LogP contribution < -0.4 is 11.1 Å². The van der Waals surface area contributed by atoms with Crippen LogP contribution in [0.4, 0.5) is 10.5 Å². The second kappa shape index (κ2) is 5.29. The fraction of sp³-hybridized carbons (Fsp3) is 0.500. The van der Waals surface area contributed by atoms with Crippen LogP contribution in [0, 0.1) is 5.92 Å². The van der Waals surface area contributed by atoms with Crippen LogP contribution in [0.3, 0.4) is 0 Å². The van der Waals surface area contributed by atoms with Crippen molar-refractivity contribution in [2.75, 3.05) is 12.3 Å². The van der Waals surface area contributed by atoms with Crippen LogP contribution >= 0.6 is 0 Å². The third kappa shape index (κ3) is 2.94. The molecule has 98 valence electrons. The Morgan fingerprint density at radius 1 is 1.56 bits per heavy atom. The second-order valence-electron chi connectivity index (χ2n) is 5.19. The molecule has 4 nitrogen and oxygen atoms in total. The average molecular weight is 248 g/mol. The summed E-state index contributed by atoms with van der Waals surface area (Å²) in [7, 11) is 0. The summed E-state index contributed by atoms with van der Waals surface area (Å²) in [5.41, 5.74) is 8.91. The van der Waals surface area contributed by atoms with Gasteiger partial charge in [0.1, 0.15) is 0 Å². The lowest BCUT2D eigenvalue weighted by molar-refractivity contribution is 0.129. The molecule has 0 spiro atoms. The molecule has 0 radical (unpaired) electrons. The highest BCUT2D eigenvalue weighted by atomic mass is 16.5. The number of aryl methyl sites for hydroxylation is 1. The number of nitrogen functional groups attached to an aromatic ring is 1.